The lowest BCUT2D eigenvalue weighted by Crippen LogP contribution is -2.47. The first kappa shape index (κ1) is 17.2. The van der Waals surface area contributed by atoms with Crippen LogP contribution in [0.5, 0.6) is 0 Å². The molecule has 1 N–H and O–H groups in total. The lowest BCUT2D eigenvalue weighted by atomic mass is 10.0. The van der Waals surface area contributed by atoms with E-state index in [4.69, 9.17) is 9.72 Å². The summed E-state index contributed by atoms with van der Waals surface area (Å²) < 4.78 is 5.44. The Morgan fingerprint density at radius 1 is 1.19 bits per heavy atom. The van der Waals surface area contributed by atoms with Gasteiger partial charge in [0.1, 0.15) is 5.82 Å². The van der Waals surface area contributed by atoms with Crippen molar-refractivity contribution in [3.63, 3.8) is 0 Å². The van der Waals surface area contributed by atoms with Crippen LogP contribution in [-0.4, -0.2) is 64.9 Å². The minimum atomic E-state index is -0.0246. The Balaban J connectivity index is 1.47. The van der Waals surface area contributed by atoms with E-state index in [-0.39, 0.29) is 11.9 Å². The van der Waals surface area contributed by atoms with Crippen molar-refractivity contribution in [2.45, 2.75) is 38.3 Å². The van der Waals surface area contributed by atoms with Gasteiger partial charge >= 0.3 is 0 Å². The van der Waals surface area contributed by atoms with Crippen molar-refractivity contribution in [3.8, 4) is 11.1 Å². The van der Waals surface area contributed by atoms with Crippen LogP contribution >= 0.6 is 0 Å². The molecule has 26 heavy (non-hydrogen) atoms. The van der Waals surface area contributed by atoms with Crippen LogP contribution < -0.4 is 4.90 Å². The number of amides is 1. The number of piperidine rings is 1. The molecule has 2 aliphatic heterocycles. The van der Waals surface area contributed by atoms with E-state index in [1.807, 2.05) is 30.2 Å². The number of carbonyl (C=O) groups excluding carboxylic acids is 1. The minimum absolute atomic E-state index is 0.0246. The number of carbonyl (C=O) groups is 1. The molecule has 1 unspecified atom stereocenters. The number of hydrogen-bond acceptors (Lipinski definition) is 5. The molecule has 7 heteroatoms. The number of pyridine rings is 1. The number of methoxy groups -OCH3 is 1. The number of aromatic nitrogens is 3. The fourth-order valence-corrected chi connectivity index (χ4v) is 4.06. The van der Waals surface area contributed by atoms with Gasteiger partial charge in [0.25, 0.3) is 0 Å². The topological polar surface area (TPSA) is 74.3 Å². The van der Waals surface area contributed by atoms with Crippen molar-refractivity contribution in [3.05, 3.63) is 30.2 Å². The third-order valence-electron chi connectivity index (χ3n) is 5.58. The van der Waals surface area contributed by atoms with Gasteiger partial charge in [0.05, 0.1) is 18.3 Å². The summed E-state index contributed by atoms with van der Waals surface area (Å²) in [7, 11) is 1.77. The van der Waals surface area contributed by atoms with Crippen molar-refractivity contribution in [2.75, 3.05) is 31.6 Å². The van der Waals surface area contributed by atoms with E-state index in [9.17, 15) is 4.79 Å². The van der Waals surface area contributed by atoms with E-state index in [1.165, 1.54) is 0 Å². The van der Waals surface area contributed by atoms with Crippen LogP contribution in [0.15, 0.2) is 24.5 Å². The van der Waals surface area contributed by atoms with Crippen molar-refractivity contribution in [2.24, 2.45) is 0 Å². The predicted molar refractivity (Wildman–Crippen MR) is 98.9 cm³/mol. The molecule has 2 aliphatic rings. The molecule has 0 saturated carbocycles. The first-order valence-corrected chi connectivity index (χ1v) is 9.22. The average molecular weight is 355 g/mol. The highest BCUT2D eigenvalue weighted by Gasteiger charge is 2.38. The Hall–Kier alpha value is -2.25. The van der Waals surface area contributed by atoms with E-state index >= 15 is 0 Å². The molecule has 2 saturated heterocycles. The summed E-state index contributed by atoms with van der Waals surface area (Å²) in [5.41, 5.74) is 2.95. The highest BCUT2D eigenvalue weighted by atomic mass is 16.5. The van der Waals surface area contributed by atoms with Crippen LogP contribution in [-0.2, 0) is 9.53 Å². The van der Waals surface area contributed by atoms with Crippen molar-refractivity contribution < 1.29 is 9.53 Å². The molecule has 0 aliphatic carbocycles. The number of hydrogen-bond donors (Lipinski definition) is 1. The van der Waals surface area contributed by atoms with Gasteiger partial charge in [0.2, 0.25) is 5.91 Å². The Bertz CT molecular complexity index is 768. The van der Waals surface area contributed by atoms with Crippen LogP contribution in [0.4, 0.5) is 5.82 Å². The Labute approximate surface area is 153 Å². The summed E-state index contributed by atoms with van der Waals surface area (Å²) in [6, 6.07) is 3.93. The Kier molecular flexibility index (Phi) is 4.74. The molecule has 1 atom stereocenters. The molecular formula is C19H25N5O2. The van der Waals surface area contributed by atoms with Gasteiger partial charge in [0, 0.05) is 49.8 Å². The molecule has 1 amide bonds. The zero-order valence-corrected chi connectivity index (χ0v) is 15.3. The normalized spacial score (nSPS) is 22.3. The molecule has 2 aromatic heterocycles. The zero-order chi connectivity index (χ0) is 18.1. The fourth-order valence-electron chi connectivity index (χ4n) is 4.06. The van der Waals surface area contributed by atoms with Gasteiger partial charge in [-0.05, 0) is 38.3 Å². The lowest BCUT2D eigenvalue weighted by molar-refractivity contribution is -0.122. The summed E-state index contributed by atoms with van der Waals surface area (Å²) in [6.07, 6.45) is 6.82. The molecule has 4 rings (SSSR count). The Morgan fingerprint density at radius 2 is 2.00 bits per heavy atom. The maximum Gasteiger partial charge on any atom is 0.245 e. The van der Waals surface area contributed by atoms with Crippen molar-refractivity contribution in [1.29, 1.82) is 0 Å². The average Bonchev–Trinajstić information content (AvgIpc) is 3.32. The number of aryl methyl sites for hydroxylation is 1. The number of nitrogens with zero attached hydrogens (tertiary/aromatic N) is 4. The molecule has 7 nitrogen and oxygen atoms in total. The monoisotopic (exact) mass is 355 g/mol. The van der Waals surface area contributed by atoms with Crippen LogP contribution in [0.25, 0.3) is 11.1 Å². The molecule has 0 radical (unpaired) electrons. The SMILES string of the molecule is COC1CCN(C2CCN(c3ccc(-c4cn[nH]c4)c(C)n3)C2=O)CC1. The number of nitrogens with one attached hydrogen (secondary N) is 1. The summed E-state index contributed by atoms with van der Waals surface area (Å²) >= 11 is 0. The summed E-state index contributed by atoms with van der Waals surface area (Å²) in [4.78, 5) is 21.8. The number of rotatable bonds is 4. The van der Waals surface area contributed by atoms with E-state index < -0.39 is 0 Å². The molecule has 0 spiro atoms. The van der Waals surface area contributed by atoms with E-state index in [1.54, 1.807) is 13.3 Å². The summed E-state index contributed by atoms with van der Waals surface area (Å²) in [6.45, 7) is 4.55. The van der Waals surface area contributed by atoms with Crippen LogP contribution in [0.1, 0.15) is 25.0 Å². The van der Waals surface area contributed by atoms with Gasteiger partial charge in [-0.25, -0.2) is 4.98 Å². The zero-order valence-electron chi connectivity index (χ0n) is 15.3. The predicted octanol–water partition coefficient (Wildman–Crippen LogP) is 2.00. The third kappa shape index (κ3) is 3.12. The van der Waals surface area contributed by atoms with Crippen molar-refractivity contribution in [1.82, 2.24) is 20.1 Å². The van der Waals surface area contributed by atoms with Crippen LogP contribution in [0, 0.1) is 6.92 Å². The van der Waals surface area contributed by atoms with Crippen LogP contribution in [0.3, 0.4) is 0 Å². The molecule has 0 bridgehead atoms. The second-order valence-electron chi connectivity index (χ2n) is 7.05. The summed E-state index contributed by atoms with van der Waals surface area (Å²) in [5.74, 6) is 0.915. The first-order valence-electron chi connectivity index (χ1n) is 9.22. The maximum absolute atomic E-state index is 13.0. The van der Waals surface area contributed by atoms with Crippen LogP contribution in [0.2, 0.25) is 0 Å². The molecule has 2 aromatic rings. The van der Waals surface area contributed by atoms with Gasteiger partial charge in [-0.15, -0.1) is 0 Å². The fraction of sp³-hybridized carbons (Fsp3) is 0.526. The quantitative estimate of drug-likeness (QED) is 0.908. The minimum Gasteiger partial charge on any atom is -0.381 e. The van der Waals surface area contributed by atoms with Crippen molar-refractivity contribution >= 4 is 11.7 Å². The second-order valence-corrected chi connectivity index (χ2v) is 7.05. The first-order chi connectivity index (χ1) is 12.7. The maximum atomic E-state index is 13.0. The molecular weight excluding hydrogens is 330 g/mol. The smallest absolute Gasteiger partial charge is 0.245 e. The highest BCUT2D eigenvalue weighted by Crippen LogP contribution is 2.28. The van der Waals surface area contributed by atoms with E-state index in [0.717, 1.165) is 61.5 Å². The van der Waals surface area contributed by atoms with Gasteiger partial charge in [0.15, 0.2) is 0 Å². The summed E-state index contributed by atoms with van der Waals surface area (Å²) in [5, 5.41) is 6.82. The van der Waals surface area contributed by atoms with E-state index in [2.05, 4.69) is 15.1 Å². The number of anilines is 1. The standard InChI is InChI=1S/C19H25N5O2/c1-13-16(14-11-20-21-12-14)3-4-18(22-13)24-10-7-17(19(24)25)23-8-5-15(26-2)6-9-23/h3-4,11-12,15,17H,5-10H2,1-2H3,(H,20,21). The van der Waals surface area contributed by atoms with Gasteiger partial charge in [-0.1, -0.05) is 0 Å². The highest BCUT2D eigenvalue weighted by molar-refractivity contribution is 5.98. The number of H-pyrrole nitrogens is 1. The largest absolute Gasteiger partial charge is 0.381 e. The molecule has 0 aromatic carbocycles. The third-order valence-corrected chi connectivity index (χ3v) is 5.58. The van der Waals surface area contributed by atoms with E-state index in [0.29, 0.717) is 6.10 Å². The Morgan fingerprint density at radius 3 is 2.65 bits per heavy atom. The lowest BCUT2D eigenvalue weighted by Gasteiger charge is -2.34. The number of likely N-dealkylation sites (tertiary alicyclic amines) is 1. The number of ether oxygens (including phenoxy) is 1. The van der Waals surface area contributed by atoms with Gasteiger partial charge in [-0.3, -0.25) is 19.7 Å². The molecule has 2 fully saturated rings. The van der Waals surface area contributed by atoms with Gasteiger partial charge < -0.3 is 4.74 Å². The second kappa shape index (κ2) is 7.17. The number of aromatic amines is 1. The molecule has 4 heterocycles. The van der Waals surface area contributed by atoms with Gasteiger partial charge in [-0.2, -0.15) is 5.10 Å². The molecule has 138 valence electrons.